The zero-order valence-corrected chi connectivity index (χ0v) is 14.6. The molecule has 0 spiro atoms. The summed E-state index contributed by atoms with van der Waals surface area (Å²) in [6.07, 6.45) is 1.62. The molecular formula is C13H16BrN5OS. The Hall–Kier alpha value is -1.67. The van der Waals surface area contributed by atoms with E-state index in [0.717, 1.165) is 4.47 Å². The van der Waals surface area contributed by atoms with Crippen LogP contribution in [0.2, 0.25) is 0 Å². The van der Waals surface area contributed by atoms with Crippen molar-refractivity contribution in [2.24, 2.45) is 0 Å². The highest BCUT2D eigenvalue weighted by Crippen LogP contribution is 2.25. The molecule has 1 N–H and O–H groups in total. The van der Waals surface area contributed by atoms with Crippen LogP contribution in [0, 0.1) is 0 Å². The van der Waals surface area contributed by atoms with Crippen LogP contribution in [0.25, 0.3) is 0 Å². The number of carbonyl (C=O) groups is 1. The molecule has 2 rings (SSSR count). The number of aromatic nitrogens is 2. The van der Waals surface area contributed by atoms with Crippen LogP contribution < -0.4 is 15.1 Å². The van der Waals surface area contributed by atoms with Gasteiger partial charge < -0.3 is 15.1 Å². The highest BCUT2D eigenvalue weighted by atomic mass is 79.9. The van der Waals surface area contributed by atoms with Crippen molar-refractivity contribution >= 4 is 50.6 Å². The van der Waals surface area contributed by atoms with E-state index in [-0.39, 0.29) is 5.91 Å². The number of anilines is 3. The first kappa shape index (κ1) is 15.7. The monoisotopic (exact) mass is 369 g/mol. The van der Waals surface area contributed by atoms with Gasteiger partial charge in [0.15, 0.2) is 5.82 Å². The van der Waals surface area contributed by atoms with Crippen molar-refractivity contribution in [2.75, 3.05) is 43.3 Å². The molecule has 21 heavy (non-hydrogen) atoms. The van der Waals surface area contributed by atoms with Gasteiger partial charge in [0.1, 0.15) is 5.69 Å². The molecule has 2 aromatic rings. The molecule has 2 heterocycles. The smallest absolute Gasteiger partial charge is 0.265 e. The summed E-state index contributed by atoms with van der Waals surface area (Å²) in [5, 5.41) is 4.72. The molecule has 0 atom stereocenters. The van der Waals surface area contributed by atoms with Crippen LogP contribution in [0.3, 0.4) is 0 Å². The number of nitrogens with one attached hydrogen (secondary N) is 1. The van der Waals surface area contributed by atoms with Crippen LogP contribution >= 0.6 is 27.3 Å². The second kappa shape index (κ2) is 6.40. The van der Waals surface area contributed by atoms with Crippen LogP contribution in [0.15, 0.2) is 22.1 Å². The predicted octanol–water partition coefficient (Wildman–Crippen LogP) is 2.68. The van der Waals surface area contributed by atoms with Crippen molar-refractivity contribution in [1.29, 1.82) is 0 Å². The van der Waals surface area contributed by atoms with Gasteiger partial charge in [-0.05, 0) is 22.0 Å². The molecule has 0 radical (unpaired) electrons. The maximum absolute atomic E-state index is 12.2. The molecule has 0 bridgehead atoms. The summed E-state index contributed by atoms with van der Waals surface area (Å²) in [7, 11) is 7.49. The zero-order valence-electron chi connectivity index (χ0n) is 12.2. The maximum Gasteiger partial charge on any atom is 0.265 e. The lowest BCUT2D eigenvalue weighted by Gasteiger charge is -2.19. The third-order valence-electron chi connectivity index (χ3n) is 2.62. The first-order valence-corrected chi connectivity index (χ1v) is 7.83. The van der Waals surface area contributed by atoms with E-state index < -0.39 is 0 Å². The number of hydrogen-bond acceptors (Lipinski definition) is 6. The van der Waals surface area contributed by atoms with E-state index in [1.807, 2.05) is 43.4 Å². The van der Waals surface area contributed by atoms with Gasteiger partial charge in [0.25, 0.3) is 5.91 Å². The Morgan fingerprint density at radius 2 is 2.00 bits per heavy atom. The standard InChI is InChI=1S/C13H16BrN5OS/c1-18(2)11-9(6-15-13(17-11)19(3)4)16-12(20)10-5-8(14)7-21-10/h5-7H,1-4H3,(H,16,20). The minimum Gasteiger partial charge on any atom is -0.361 e. The largest absolute Gasteiger partial charge is 0.361 e. The molecule has 0 aliphatic rings. The Morgan fingerprint density at radius 1 is 1.29 bits per heavy atom. The molecule has 1 amide bonds. The van der Waals surface area contributed by atoms with E-state index in [1.165, 1.54) is 11.3 Å². The quantitative estimate of drug-likeness (QED) is 0.897. The molecule has 0 aliphatic heterocycles. The molecule has 0 saturated carbocycles. The zero-order chi connectivity index (χ0) is 15.6. The molecule has 0 saturated heterocycles. The van der Waals surface area contributed by atoms with Crippen LogP contribution in [-0.2, 0) is 0 Å². The average molecular weight is 370 g/mol. The van der Waals surface area contributed by atoms with Gasteiger partial charge in [0, 0.05) is 38.0 Å². The molecule has 8 heteroatoms. The normalized spacial score (nSPS) is 10.3. The third kappa shape index (κ3) is 3.70. The fraction of sp³-hybridized carbons (Fsp3) is 0.308. The van der Waals surface area contributed by atoms with Crippen molar-refractivity contribution in [3.63, 3.8) is 0 Å². The Labute approximate surface area is 135 Å². The van der Waals surface area contributed by atoms with Crippen LogP contribution in [0.5, 0.6) is 0 Å². The van der Waals surface area contributed by atoms with Crippen LogP contribution in [0.4, 0.5) is 17.5 Å². The van der Waals surface area contributed by atoms with Crippen molar-refractivity contribution < 1.29 is 4.79 Å². The Morgan fingerprint density at radius 3 is 2.52 bits per heavy atom. The highest BCUT2D eigenvalue weighted by Gasteiger charge is 2.15. The van der Waals surface area contributed by atoms with Gasteiger partial charge in [0.05, 0.1) is 11.1 Å². The fourth-order valence-corrected chi connectivity index (χ4v) is 2.95. The minimum absolute atomic E-state index is 0.171. The first-order valence-electron chi connectivity index (χ1n) is 6.15. The molecule has 0 unspecified atom stereocenters. The summed E-state index contributed by atoms with van der Waals surface area (Å²) in [4.78, 5) is 25.2. The van der Waals surface area contributed by atoms with Crippen molar-refractivity contribution in [3.05, 3.63) is 27.0 Å². The average Bonchev–Trinajstić information content (AvgIpc) is 2.85. The summed E-state index contributed by atoms with van der Waals surface area (Å²) in [6.45, 7) is 0. The molecule has 0 aromatic carbocycles. The number of thiophene rings is 1. The van der Waals surface area contributed by atoms with E-state index in [4.69, 9.17) is 0 Å². The molecule has 0 aliphatic carbocycles. The van der Waals surface area contributed by atoms with Crippen molar-refractivity contribution in [1.82, 2.24) is 9.97 Å². The number of halogens is 1. The van der Waals surface area contributed by atoms with Crippen molar-refractivity contribution in [3.8, 4) is 0 Å². The first-order chi connectivity index (χ1) is 9.88. The molecule has 112 valence electrons. The van der Waals surface area contributed by atoms with E-state index in [2.05, 4.69) is 31.2 Å². The summed E-state index contributed by atoms with van der Waals surface area (Å²) in [5.74, 6) is 1.09. The predicted molar refractivity (Wildman–Crippen MR) is 90.7 cm³/mol. The van der Waals surface area contributed by atoms with Gasteiger partial charge in [-0.1, -0.05) is 0 Å². The second-order valence-electron chi connectivity index (χ2n) is 4.78. The van der Waals surface area contributed by atoms with E-state index in [1.54, 1.807) is 12.3 Å². The lowest BCUT2D eigenvalue weighted by Crippen LogP contribution is -2.20. The van der Waals surface area contributed by atoms with Gasteiger partial charge in [-0.15, -0.1) is 11.3 Å². The number of carbonyl (C=O) groups excluding carboxylic acids is 1. The molecule has 6 nitrogen and oxygen atoms in total. The van der Waals surface area contributed by atoms with Gasteiger partial charge in [0.2, 0.25) is 5.95 Å². The summed E-state index contributed by atoms with van der Waals surface area (Å²) < 4.78 is 0.893. The number of hydrogen-bond donors (Lipinski definition) is 1. The Balaban J connectivity index is 2.29. The highest BCUT2D eigenvalue weighted by molar-refractivity contribution is 9.10. The van der Waals surface area contributed by atoms with Crippen LogP contribution in [0.1, 0.15) is 9.67 Å². The summed E-state index contributed by atoms with van der Waals surface area (Å²) >= 11 is 4.72. The second-order valence-corrected chi connectivity index (χ2v) is 6.61. The maximum atomic E-state index is 12.2. The molecule has 0 fully saturated rings. The van der Waals surface area contributed by atoms with E-state index in [0.29, 0.717) is 22.3 Å². The number of rotatable bonds is 4. The minimum atomic E-state index is -0.171. The topological polar surface area (TPSA) is 61.4 Å². The lowest BCUT2D eigenvalue weighted by atomic mass is 10.4. The fourth-order valence-electron chi connectivity index (χ4n) is 1.62. The summed E-state index contributed by atoms with van der Waals surface area (Å²) in [5.41, 5.74) is 0.583. The lowest BCUT2D eigenvalue weighted by molar-refractivity contribution is 0.103. The molecule has 2 aromatic heterocycles. The Bertz CT molecular complexity index is 656. The van der Waals surface area contributed by atoms with Crippen LogP contribution in [-0.4, -0.2) is 44.1 Å². The van der Waals surface area contributed by atoms with Gasteiger partial charge in [-0.25, -0.2) is 4.98 Å². The van der Waals surface area contributed by atoms with E-state index >= 15 is 0 Å². The number of amides is 1. The van der Waals surface area contributed by atoms with Gasteiger partial charge in [-0.2, -0.15) is 4.98 Å². The number of nitrogens with zero attached hydrogens (tertiary/aromatic N) is 4. The van der Waals surface area contributed by atoms with Gasteiger partial charge in [-0.3, -0.25) is 4.79 Å². The third-order valence-corrected chi connectivity index (χ3v) is 4.31. The summed E-state index contributed by atoms with van der Waals surface area (Å²) in [6, 6.07) is 1.78. The molecular weight excluding hydrogens is 354 g/mol. The van der Waals surface area contributed by atoms with Crippen molar-refractivity contribution in [2.45, 2.75) is 0 Å². The van der Waals surface area contributed by atoms with Gasteiger partial charge >= 0.3 is 0 Å². The SMILES string of the molecule is CN(C)c1ncc(NC(=O)c2cc(Br)cs2)c(N(C)C)n1. The van der Waals surface area contributed by atoms with E-state index in [9.17, 15) is 4.79 Å². The Kier molecular flexibility index (Phi) is 4.79.